The summed E-state index contributed by atoms with van der Waals surface area (Å²) in [4.78, 5) is 0. The quantitative estimate of drug-likeness (QED) is 0.753. The topological polar surface area (TPSA) is 24.1 Å². The molecule has 0 aliphatic carbocycles. The standard InChI is InChI=1S/C18H24N2/c1-15(13-17-9-5-3-6-10-17)19-20-16(2)14-18-11-7-4-8-12-18/h3-12,15-16,19-20H,13-14H2,1-2H3/t15-,16-/m1/s1. The molecule has 2 heteroatoms. The minimum Gasteiger partial charge on any atom is -0.254 e. The maximum absolute atomic E-state index is 3.40. The van der Waals surface area contributed by atoms with Gasteiger partial charge in [0.2, 0.25) is 0 Å². The SMILES string of the molecule is C[C@H](Cc1ccccc1)NN[C@H](C)Cc1ccccc1. The highest BCUT2D eigenvalue weighted by Crippen LogP contribution is 2.04. The number of rotatable bonds is 7. The summed E-state index contributed by atoms with van der Waals surface area (Å²) in [6.07, 6.45) is 2.07. The first kappa shape index (κ1) is 14.8. The van der Waals surface area contributed by atoms with Crippen molar-refractivity contribution >= 4 is 0 Å². The fourth-order valence-corrected chi connectivity index (χ4v) is 2.32. The minimum atomic E-state index is 0.413. The van der Waals surface area contributed by atoms with E-state index in [1.54, 1.807) is 0 Å². The molecular formula is C18H24N2. The molecule has 2 aromatic carbocycles. The summed E-state index contributed by atoms with van der Waals surface area (Å²) >= 11 is 0. The summed E-state index contributed by atoms with van der Waals surface area (Å²) in [7, 11) is 0. The Morgan fingerprint density at radius 3 is 1.35 bits per heavy atom. The Morgan fingerprint density at radius 2 is 1.00 bits per heavy atom. The van der Waals surface area contributed by atoms with Crippen molar-refractivity contribution in [2.75, 3.05) is 0 Å². The van der Waals surface area contributed by atoms with Crippen LogP contribution < -0.4 is 10.9 Å². The first-order valence-corrected chi connectivity index (χ1v) is 7.33. The van der Waals surface area contributed by atoms with Gasteiger partial charge in [0.1, 0.15) is 0 Å². The third kappa shape index (κ3) is 5.16. The van der Waals surface area contributed by atoms with Gasteiger partial charge in [-0.15, -0.1) is 0 Å². The van der Waals surface area contributed by atoms with Crippen molar-refractivity contribution < 1.29 is 0 Å². The maximum Gasteiger partial charge on any atom is 0.0225 e. The molecule has 0 saturated heterocycles. The molecule has 20 heavy (non-hydrogen) atoms. The number of hydrogen-bond acceptors (Lipinski definition) is 2. The van der Waals surface area contributed by atoms with Crippen molar-refractivity contribution in [1.82, 2.24) is 10.9 Å². The van der Waals surface area contributed by atoms with E-state index in [2.05, 4.69) is 85.4 Å². The molecule has 2 nitrogen and oxygen atoms in total. The average Bonchev–Trinajstić information content (AvgIpc) is 2.47. The van der Waals surface area contributed by atoms with Crippen LogP contribution in [-0.4, -0.2) is 12.1 Å². The molecule has 0 spiro atoms. The van der Waals surface area contributed by atoms with Gasteiger partial charge in [0.25, 0.3) is 0 Å². The Kier molecular flexibility index (Phi) is 5.78. The van der Waals surface area contributed by atoms with E-state index in [-0.39, 0.29) is 0 Å². The monoisotopic (exact) mass is 268 g/mol. The fraction of sp³-hybridized carbons (Fsp3) is 0.333. The van der Waals surface area contributed by atoms with Crippen LogP contribution in [0.15, 0.2) is 60.7 Å². The van der Waals surface area contributed by atoms with Gasteiger partial charge in [-0.1, -0.05) is 60.7 Å². The van der Waals surface area contributed by atoms with Gasteiger partial charge in [-0.3, -0.25) is 10.9 Å². The number of nitrogens with one attached hydrogen (secondary N) is 2. The Bertz CT molecular complexity index is 434. The lowest BCUT2D eigenvalue weighted by atomic mass is 10.1. The average molecular weight is 268 g/mol. The summed E-state index contributed by atoms with van der Waals surface area (Å²) in [5.74, 6) is 0. The Labute approximate surface area is 122 Å². The van der Waals surface area contributed by atoms with Crippen molar-refractivity contribution in [3.63, 3.8) is 0 Å². The van der Waals surface area contributed by atoms with Crippen molar-refractivity contribution in [3.05, 3.63) is 71.8 Å². The van der Waals surface area contributed by atoms with E-state index in [1.165, 1.54) is 11.1 Å². The lowest BCUT2D eigenvalue weighted by molar-refractivity contribution is 0.394. The third-order valence-corrected chi connectivity index (χ3v) is 3.35. The molecule has 0 saturated carbocycles. The van der Waals surface area contributed by atoms with Gasteiger partial charge >= 0.3 is 0 Å². The van der Waals surface area contributed by atoms with Gasteiger partial charge in [0.15, 0.2) is 0 Å². The zero-order chi connectivity index (χ0) is 14.2. The Morgan fingerprint density at radius 1 is 0.650 bits per heavy atom. The fourth-order valence-electron chi connectivity index (χ4n) is 2.32. The third-order valence-electron chi connectivity index (χ3n) is 3.35. The second-order valence-corrected chi connectivity index (χ2v) is 5.47. The van der Waals surface area contributed by atoms with Gasteiger partial charge in [0, 0.05) is 12.1 Å². The minimum absolute atomic E-state index is 0.413. The molecule has 0 aliphatic heterocycles. The van der Waals surface area contributed by atoms with Crippen LogP contribution in [0.4, 0.5) is 0 Å². The zero-order valence-corrected chi connectivity index (χ0v) is 12.3. The molecule has 0 unspecified atom stereocenters. The van der Waals surface area contributed by atoms with Gasteiger partial charge in [-0.25, -0.2) is 0 Å². The van der Waals surface area contributed by atoms with Crippen LogP contribution in [0, 0.1) is 0 Å². The molecule has 0 amide bonds. The van der Waals surface area contributed by atoms with Crippen LogP contribution >= 0.6 is 0 Å². The van der Waals surface area contributed by atoms with Crippen LogP contribution in [0.2, 0.25) is 0 Å². The van der Waals surface area contributed by atoms with E-state index in [0.717, 1.165) is 12.8 Å². The summed E-state index contributed by atoms with van der Waals surface area (Å²) in [6, 6.07) is 22.0. The summed E-state index contributed by atoms with van der Waals surface area (Å²) < 4.78 is 0. The smallest absolute Gasteiger partial charge is 0.0225 e. The van der Waals surface area contributed by atoms with Crippen LogP contribution in [0.25, 0.3) is 0 Å². The number of benzene rings is 2. The normalized spacial score (nSPS) is 13.9. The molecule has 2 rings (SSSR count). The lowest BCUT2D eigenvalue weighted by Crippen LogP contribution is -2.45. The maximum atomic E-state index is 3.40. The number of hydrazine groups is 1. The van der Waals surface area contributed by atoms with Crippen molar-refractivity contribution in [3.8, 4) is 0 Å². The van der Waals surface area contributed by atoms with Crippen molar-refractivity contribution in [2.24, 2.45) is 0 Å². The van der Waals surface area contributed by atoms with E-state index in [4.69, 9.17) is 0 Å². The van der Waals surface area contributed by atoms with Crippen LogP contribution in [-0.2, 0) is 12.8 Å². The molecule has 2 atom stereocenters. The Balaban J connectivity index is 1.71. The molecule has 0 radical (unpaired) electrons. The van der Waals surface area contributed by atoms with Gasteiger partial charge in [0.05, 0.1) is 0 Å². The highest BCUT2D eigenvalue weighted by molar-refractivity contribution is 5.16. The predicted octanol–water partition coefficient (Wildman–Crippen LogP) is 3.34. The second-order valence-electron chi connectivity index (χ2n) is 5.47. The summed E-state index contributed by atoms with van der Waals surface area (Å²) in [6.45, 7) is 4.41. The second kappa shape index (κ2) is 7.83. The van der Waals surface area contributed by atoms with Gasteiger partial charge < -0.3 is 0 Å². The highest BCUT2D eigenvalue weighted by Gasteiger charge is 2.06. The highest BCUT2D eigenvalue weighted by atomic mass is 15.4. The van der Waals surface area contributed by atoms with Crippen LogP contribution in [0.3, 0.4) is 0 Å². The summed E-state index contributed by atoms with van der Waals surface area (Å²) in [5.41, 5.74) is 9.53. The van der Waals surface area contributed by atoms with Gasteiger partial charge in [-0.05, 0) is 37.8 Å². The van der Waals surface area contributed by atoms with Gasteiger partial charge in [-0.2, -0.15) is 0 Å². The molecule has 0 fully saturated rings. The Hall–Kier alpha value is -1.64. The van der Waals surface area contributed by atoms with E-state index in [0.29, 0.717) is 12.1 Å². The molecule has 2 N–H and O–H groups in total. The molecular weight excluding hydrogens is 244 g/mol. The summed E-state index contributed by atoms with van der Waals surface area (Å²) in [5, 5.41) is 0. The first-order chi connectivity index (χ1) is 9.74. The zero-order valence-electron chi connectivity index (χ0n) is 12.3. The lowest BCUT2D eigenvalue weighted by Gasteiger charge is -2.19. The van der Waals surface area contributed by atoms with Crippen molar-refractivity contribution in [2.45, 2.75) is 38.8 Å². The molecule has 106 valence electrons. The van der Waals surface area contributed by atoms with Crippen LogP contribution in [0.1, 0.15) is 25.0 Å². The van der Waals surface area contributed by atoms with Crippen molar-refractivity contribution in [1.29, 1.82) is 0 Å². The van der Waals surface area contributed by atoms with E-state index in [1.807, 2.05) is 0 Å². The first-order valence-electron chi connectivity index (χ1n) is 7.33. The molecule has 2 aromatic rings. The predicted molar refractivity (Wildman–Crippen MR) is 85.5 cm³/mol. The van der Waals surface area contributed by atoms with E-state index < -0.39 is 0 Å². The largest absolute Gasteiger partial charge is 0.254 e. The van der Waals surface area contributed by atoms with E-state index in [9.17, 15) is 0 Å². The van der Waals surface area contributed by atoms with E-state index >= 15 is 0 Å². The molecule has 0 heterocycles. The van der Waals surface area contributed by atoms with Crippen LogP contribution in [0.5, 0.6) is 0 Å². The molecule has 0 aliphatic rings. The molecule has 0 bridgehead atoms. The number of hydrogen-bond donors (Lipinski definition) is 2. The molecule has 0 aromatic heterocycles.